The number of H-pyrrole nitrogens is 1. The first-order chi connectivity index (χ1) is 21.1. The lowest BCUT2D eigenvalue weighted by molar-refractivity contribution is -0.118. The van der Waals surface area contributed by atoms with Crippen LogP contribution in [0, 0.1) is 0 Å². The predicted molar refractivity (Wildman–Crippen MR) is 165 cm³/mol. The van der Waals surface area contributed by atoms with Crippen LogP contribution in [-0.4, -0.2) is 46.4 Å². The summed E-state index contributed by atoms with van der Waals surface area (Å²) in [4.78, 5) is 16.8. The van der Waals surface area contributed by atoms with E-state index >= 15 is 0 Å². The lowest BCUT2D eigenvalue weighted by Crippen LogP contribution is -2.37. The molecule has 43 heavy (non-hydrogen) atoms. The molecule has 1 aliphatic rings. The molecular formula is C33H35N7O3. The van der Waals surface area contributed by atoms with Crippen LogP contribution in [0.2, 0.25) is 0 Å². The number of nitrogens with zero attached hydrogens (tertiary/aromatic N) is 3. The maximum atomic E-state index is 13.4. The first-order valence-corrected chi connectivity index (χ1v) is 14.3. The van der Waals surface area contributed by atoms with Crippen LogP contribution in [0.5, 0.6) is 11.5 Å². The summed E-state index contributed by atoms with van der Waals surface area (Å²) in [6, 6.07) is 23.8. The fourth-order valence-corrected chi connectivity index (χ4v) is 5.48. The van der Waals surface area contributed by atoms with Crippen molar-refractivity contribution in [1.29, 1.82) is 0 Å². The van der Waals surface area contributed by atoms with E-state index in [1.807, 2.05) is 66.9 Å². The highest BCUT2D eigenvalue weighted by atomic mass is 16.5. The van der Waals surface area contributed by atoms with E-state index in [1.54, 1.807) is 14.2 Å². The molecule has 1 atom stereocenters. The number of carbonyl (C=O) groups is 1. The van der Waals surface area contributed by atoms with E-state index in [1.165, 1.54) is 5.56 Å². The monoisotopic (exact) mass is 577 g/mol. The molecule has 1 aliphatic heterocycles. The number of fused-ring (bicyclic) bond motifs is 1. The quantitative estimate of drug-likeness (QED) is 0.177. The second kappa shape index (κ2) is 12.8. The number of ether oxygens (including phenoxy) is 2. The summed E-state index contributed by atoms with van der Waals surface area (Å²) >= 11 is 0. The van der Waals surface area contributed by atoms with Crippen LogP contribution < -0.4 is 25.6 Å². The first kappa shape index (κ1) is 28.0. The number of hydrogen-bond donors (Lipinski definition) is 4. The molecular weight excluding hydrogens is 542 g/mol. The van der Waals surface area contributed by atoms with Crippen LogP contribution in [0.15, 0.2) is 90.8 Å². The van der Waals surface area contributed by atoms with Gasteiger partial charge < -0.3 is 29.8 Å². The number of benzene rings is 3. The van der Waals surface area contributed by atoms with Crippen molar-refractivity contribution in [2.24, 2.45) is 0 Å². The summed E-state index contributed by atoms with van der Waals surface area (Å²) in [7, 11) is 3.29. The van der Waals surface area contributed by atoms with E-state index in [9.17, 15) is 4.79 Å². The topological polar surface area (TPSA) is 118 Å². The van der Waals surface area contributed by atoms with Gasteiger partial charge in [0.2, 0.25) is 0 Å². The van der Waals surface area contributed by atoms with E-state index in [4.69, 9.17) is 14.6 Å². The van der Waals surface area contributed by atoms with Crippen molar-refractivity contribution in [1.82, 2.24) is 35.9 Å². The number of para-hydroxylation sites is 1. The zero-order chi connectivity index (χ0) is 29.6. The molecule has 0 unspecified atom stereocenters. The van der Waals surface area contributed by atoms with Crippen LogP contribution >= 0.6 is 0 Å². The molecule has 220 valence electrons. The molecule has 0 aliphatic carbocycles. The third-order valence-electron chi connectivity index (χ3n) is 7.75. The van der Waals surface area contributed by atoms with Crippen LogP contribution in [0.1, 0.15) is 34.4 Å². The van der Waals surface area contributed by atoms with Crippen molar-refractivity contribution >= 4 is 16.8 Å². The Balaban J connectivity index is 1.40. The number of methoxy groups -OCH3 is 2. The maximum Gasteiger partial charge on any atom is 0.269 e. The number of carbonyl (C=O) groups excluding carboxylic acids is 1. The summed E-state index contributed by atoms with van der Waals surface area (Å²) in [6.07, 6.45) is 5.84. The van der Waals surface area contributed by atoms with Crippen LogP contribution in [-0.2, 0) is 30.6 Å². The van der Waals surface area contributed by atoms with Gasteiger partial charge in [0.25, 0.3) is 5.91 Å². The van der Waals surface area contributed by atoms with Gasteiger partial charge in [-0.1, -0.05) is 48.5 Å². The molecule has 0 saturated carbocycles. The van der Waals surface area contributed by atoms with Gasteiger partial charge >= 0.3 is 0 Å². The zero-order valence-corrected chi connectivity index (χ0v) is 24.3. The van der Waals surface area contributed by atoms with Crippen molar-refractivity contribution in [3.63, 3.8) is 0 Å². The summed E-state index contributed by atoms with van der Waals surface area (Å²) < 4.78 is 13.3. The number of hydrogen-bond acceptors (Lipinski definition) is 7. The largest absolute Gasteiger partial charge is 0.497 e. The minimum Gasteiger partial charge on any atom is -0.497 e. The number of amides is 1. The Kier molecular flexibility index (Phi) is 8.37. The number of hydrazine groups is 1. The van der Waals surface area contributed by atoms with Crippen molar-refractivity contribution in [3.05, 3.63) is 119 Å². The lowest BCUT2D eigenvalue weighted by atomic mass is 10.0. The summed E-state index contributed by atoms with van der Waals surface area (Å²) in [6.45, 7) is 1.04. The van der Waals surface area contributed by atoms with Gasteiger partial charge in [0, 0.05) is 48.1 Å². The van der Waals surface area contributed by atoms with Gasteiger partial charge in [-0.05, 0) is 41.8 Å². The maximum absolute atomic E-state index is 13.4. The lowest BCUT2D eigenvalue weighted by Gasteiger charge is -2.21. The Hall–Kier alpha value is -5.09. The standard InChI is InChI=1S/C33H35N7O3/c1-42-25-14-13-23(30(19-25)43-2)21-40-31(15-12-22-8-4-3-5-9-22)38-39-32(40)29(36-33(41)28-16-17-35-37-28)18-24-20-34-27-11-7-6-10-26(24)27/h3-11,13-14,16,19-20,29,34-35,37H,12,15,17-18,21H2,1-2H3,(H,36,41)/t29-/m1/s1. The minimum absolute atomic E-state index is 0.211. The van der Waals surface area contributed by atoms with Gasteiger partial charge in [0.1, 0.15) is 23.0 Å². The third-order valence-corrected chi connectivity index (χ3v) is 7.75. The second-order valence-electron chi connectivity index (χ2n) is 10.4. The summed E-state index contributed by atoms with van der Waals surface area (Å²) in [5.74, 6) is 2.71. The third kappa shape index (κ3) is 6.24. The van der Waals surface area contributed by atoms with Crippen molar-refractivity contribution in [3.8, 4) is 11.5 Å². The molecule has 0 fully saturated rings. The highest BCUT2D eigenvalue weighted by Crippen LogP contribution is 2.29. The SMILES string of the molecule is COc1ccc(Cn2c(CCc3ccccc3)nnc2[C@@H](Cc2c[nH]c3ccccc23)NC(=O)C2=CCNN2)c(OC)c1. The van der Waals surface area contributed by atoms with Gasteiger partial charge in [-0.3, -0.25) is 4.79 Å². The molecule has 3 heterocycles. The smallest absolute Gasteiger partial charge is 0.269 e. The Labute approximate surface area is 250 Å². The number of nitrogens with one attached hydrogen (secondary N) is 4. The fourth-order valence-electron chi connectivity index (χ4n) is 5.48. The normalized spacial score (nSPS) is 13.4. The molecule has 3 aromatic carbocycles. The molecule has 10 nitrogen and oxygen atoms in total. The van der Waals surface area contributed by atoms with Crippen LogP contribution in [0.25, 0.3) is 10.9 Å². The van der Waals surface area contributed by atoms with Crippen molar-refractivity contribution in [2.75, 3.05) is 20.8 Å². The second-order valence-corrected chi connectivity index (χ2v) is 10.4. The summed E-state index contributed by atoms with van der Waals surface area (Å²) in [5, 5.41) is 13.7. The Bertz CT molecular complexity index is 1740. The average molecular weight is 578 g/mol. The van der Waals surface area contributed by atoms with Crippen molar-refractivity contribution in [2.45, 2.75) is 31.8 Å². The molecule has 10 heteroatoms. The van der Waals surface area contributed by atoms with Gasteiger partial charge in [0.15, 0.2) is 5.82 Å². The van der Waals surface area contributed by atoms with E-state index in [0.29, 0.717) is 49.0 Å². The first-order valence-electron chi connectivity index (χ1n) is 14.3. The molecule has 2 aromatic heterocycles. The van der Waals surface area contributed by atoms with E-state index in [2.05, 4.69) is 49.0 Å². The zero-order valence-electron chi connectivity index (χ0n) is 24.3. The number of rotatable bonds is 12. The Morgan fingerprint density at radius 2 is 1.81 bits per heavy atom. The summed E-state index contributed by atoms with van der Waals surface area (Å²) in [5.41, 5.74) is 10.7. The Morgan fingerprint density at radius 3 is 2.60 bits per heavy atom. The van der Waals surface area contributed by atoms with Crippen LogP contribution in [0.4, 0.5) is 0 Å². The molecule has 0 spiro atoms. The molecule has 6 rings (SSSR count). The van der Waals surface area contributed by atoms with Gasteiger partial charge in [-0.15, -0.1) is 10.2 Å². The minimum atomic E-state index is -0.461. The highest BCUT2D eigenvalue weighted by Gasteiger charge is 2.27. The van der Waals surface area contributed by atoms with E-state index in [0.717, 1.165) is 34.3 Å². The van der Waals surface area contributed by atoms with E-state index < -0.39 is 6.04 Å². The Morgan fingerprint density at radius 1 is 0.977 bits per heavy atom. The molecule has 0 saturated heterocycles. The molecule has 5 aromatic rings. The van der Waals surface area contributed by atoms with Gasteiger partial charge in [-0.2, -0.15) is 0 Å². The average Bonchev–Trinajstić information content (AvgIpc) is 3.82. The predicted octanol–water partition coefficient (Wildman–Crippen LogP) is 4.00. The van der Waals surface area contributed by atoms with Crippen LogP contribution in [0.3, 0.4) is 0 Å². The number of aromatic amines is 1. The van der Waals surface area contributed by atoms with E-state index in [-0.39, 0.29) is 5.91 Å². The van der Waals surface area contributed by atoms with Gasteiger partial charge in [-0.25, -0.2) is 5.43 Å². The number of aromatic nitrogens is 4. The van der Waals surface area contributed by atoms with Gasteiger partial charge in [0.05, 0.1) is 26.8 Å². The number of aryl methyl sites for hydroxylation is 2. The highest BCUT2D eigenvalue weighted by molar-refractivity contribution is 5.93. The molecule has 0 radical (unpaired) electrons. The molecule has 0 bridgehead atoms. The molecule has 1 amide bonds. The van der Waals surface area contributed by atoms with Crippen molar-refractivity contribution < 1.29 is 14.3 Å². The molecule has 4 N–H and O–H groups in total. The fraction of sp³-hybridized carbons (Fsp3) is 0.242.